The lowest BCUT2D eigenvalue weighted by Crippen LogP contribution is -2.23. The van der Waals surface area contributed by atoms with Crippen LogP contribution >= 0.6 is 0 Å². The monoisotopic (exact) mass is 429 g/mol. The molecular formula is C23H23N7O2. The summed E-state index contributed by atoms with van der Waals surface area (Å²) < 4.78 is 3.32. The maximum atomic E-state index is 13.2. The zero-order valence-corrected chi connectivity index (χ0v) is 17.7. The van der Waals surface area contributed by atoms with Gasteiger partial charge in [-0.1, -0.05) is 30.3 Å². The van der Waals surface area contributed by atoms with Crippen molar-refractivity contribution in [1.29, 1.82) is 0 Å². The van der Waals surface area contributed by atoms with Gasteiger partial charge < -0.3 is 10.6 Å². The lowest BCUT2D eigenvalue weighted by atomic mass is 10.1. The number of nitrogens with zero attached hydrogens (tertiary/aromatic N) is 5. The van der Waals surface area contributed by atoms with Crippen molar-refractivity contribution < 1.29 is 9.59 Å². The maximum absolute atomic E-state index is 13.2. The average Bonchev–Trinajstić information content (AvgIpc) is 3.46. The quantitative estimate of drug-likeness (QED) is 0.470. The van der Waals surface area contributed by atoms with Crippen molar-refractivity contribution in [2.24, 2.45) is 0 Å². The van der Waals surface area contributed by atoms with E-state index >= 15 is 0 Å². The second-order valence-corrected chi connectivity index (χ2v) is 7.95. The SMILES string of the molecule is CNC(=O)Cn1cc(NC(=O)c2cc(C3CC3)nc3c2cnn3Cc2ccccc2)cn1. The first-order chi connectivity index (χ1) is 15.6. The summed E-state index contributed by atoms with van der Waals surface area (Å²) in [6, 6.07) is 11.9. The van der Waals surface area contributed by atoms with Crippen LogP contribution in [0, 0.1) is 0 Å². The first kappa shape index (κ1) is 19.9. The predicted molar refractivity (Wildman–Crippen MR) is 119 cm³/mol. The van der Waals surface area contributed by atoms with Crippen LogP contribution < -0.4 is 10.6 Å². The molecule has 1 aromatic carbocycles. The number of hydrogen-bond acceptors (Lipinski definition) is 5. The van der Waals surface area contributed by atoms with Crippen LogP contribution in [0.2, 0.25) is 0 Å². The summed E-state index contributed by atoms with van der Waals surface area (Å²) in [5, 5.41) is 14.8. The van der Waals surface area contributed by atoms with Crippen molar-refractivity contribution in [1.82, 2.24) is 29.9 Å². The van der Waals surface area contributed by atoms with Gasteiger partial charge in [0.15, 0.2) is 5.65 Å². The van der Waals surface area contributed by atoms with E-state index in [1.165, 1.54) is 10.9 Å². The van der Waals surface area contributed by atoms with Crippen molar-refractivity contribution in [2.75, 3.05) is 12.4 Å². The average molecular weight is 429 g/mol. The van der Waals surface area contributed by atoms with Gasteiger partial charge in [-0.2, -0.15) is 10.2 Å². The molecule has 1 aliphatic carbocycles. The number of pyridine rings is 1. The van der Waals surface area contributed by atoms with Crippen LogP contribution in [-0.2, 0) is 17.9 Å². The number of carbonyl (C=O) groups excluding carboxylic acids is 2. The van der Waals surface area contributed by atoms with Gasteiger partial charge in [-0.05, 0) is 24.5 Å². The highest BCUT2D eigenvalue weighted by molar-refractivity contribution is 6.12. The highest BCUT2D eigenvalue weighted by Gasteiger charge is 2.28. The fourth-order valence-electron chi connectivity index (χ4n) is 3.65. The molecule has 2 N–H and O–H groups in total. The Morgan fingerprint density at radius 2 is 1.94 bits per heavy atom. The van der Waals surface area contributed by atoms with Crippen LogP contribution in [0.5, 0.6) is 0 Å². The molecule has 32 heavy (non-hydrogen) atoms. The van der Waals surface area contributed by atoms with Gasteiger partial charge in [0.25, 0.3) is 5.91 Å². The molecule has 0 bridgehead atoms. The summed E-state index contributed by atoms with van der Waals surface area (Å²) in [6.45, 7) is 0.669. The van der Waals surface area contributed by atoms with Gasteiger partial charge >= 0.3 is 0 Å². The fourth-order valence-corrected chi connectivity index (χ4v) is 3.65. The molecule has 2 amide bonds. The van der Waals surface area contributed by atoms with Crippen LogP contribution in [0.1, 0.15) is 40.4 Å². The summed E-state index contributed by atoms with van der Waals surface area (Å²) >= 11 is 0. The minimum atomic E-state index is -0.252. The molecule has 1 saturated carbocycles. The smallest absolute Gasteiger partial charge is 0.256 e. The first-order valence-electron chi connectivity index (χ1n) is 10.6. The molecular weight excluding hydrogens is 406 g/mol. The molecule has 0 spiro atoms. The molecule has 0 saturated heterocycles. The number of hydrogen-bond donors (Lipinski definition) is 2. The van der Waals surface area contributed by atoms with E-state index in [9.17, 15) is 9.59 Å². The van der Waals surface area contributed by atoms with E-state index in [0.29, 0.717) is 34.7 Å². The Morgan fingerprint density at radius 1 is 1.12 bits per heavy atom. The van der Waals surface area contributed by atoms with Gasteiger partial charge in [-0.25, -0.2) is 9.67 Å². The molecule has 4 aromatic rings. The summed E-state index contributed by atoms with van der Waals surface area (Å²) in [5.41, 5.74) is 3.81. The Bertz CT molecular complexity index is 1290. The van der Waals surface area contributed by atoms with Gasteiger partial charge in [-0.3, -0.25) is 14.3 Å². The van der Waals surface area contributed by atoms with Crippen LogP contribution in [0.25, 0.3) is 11.0 Å². The van der Waals surface area contributed by atoms with Gasteiger partial charge in [0.2, 0.25) is 5.91 Å². The predicted octanol–water partition coefficient (Wildman–Crippen LogP) is 2.55. The molecule has 1 aliphatic rings. The Labute approximate surface area is 184 Å². The van der Waals surface area contributed by atoms with E-state index in [1.807, 2.05) is 41.1 Å². The lowest BCUT2D eigenvalue weighted by molar-refractivity contribution is -0.121. The lowest BCUT2D eigenvalue weighted by Gasteiger charge is -2.09. The molecule has 3 heterocycles. The Morgan fingerprint density at radius 3 is 2.69 bits per heavy atom. The van der Waals surface area contributed by atoms with E-state index in [0.717, 1.165) is 24.1 Å². The zero-order chi connectivity index (χ0) is 22.1. The van der Waals surface area contributed by atoms with Gasteiger partial charge in [0.05, 0.1) is 35.6 Å². The fraction of sp³-hybridized carbons (Fsp3) is 0.261. The third-order valence-electron chi connectivity index (χ3n) is 5.52. The largest absolute Gasteiger partial charge is 0.358 e. The molecule has 0 unspecified atom stereocenters. The van der Waals surface area contributed by atoms with Gasteiger partial charge in [-0.15, -0.1) is 0 Å². The van der Waals surface area contributed by atoms with Crippen LogP contribution in [0.3, 0.4) is 0 Å². The number of rotatable bonds is 7. The number of nitrogens with one attached hydrogen (secondary N) is 2. The second-order valence-electron chi connectivity index (χ2n) is 7.95. The number of aromatic nitrogens is 5. The summed E-state index contributed by atoms with van der Waals surface area (Å²) in [4.78, 5) is 29.6. The highest BCUT2D eigenvalue weighted by atomic mass is 16.2. The second kappa shape index (κ2) is 8.26. The van der Waals surface area contributed by atoms with Gasteiger partial charge in [0, 0.05) is 24.9 Å². The minimum Gasteiger partial charge on any atom is -0.358 e. The van der Waals surface area contributed by atoms with E-state index in [2.05, 4.69) is 20.8 Å². The normalized spacial score (nSPS) is 13.3. The third kappa shape index (κ3) is 4.09. The van der Waals surface area contributed by atoms with Crippen LogP contribution in [0.15, 0.2) is 55.0 Å². The van der Waals surface area contributed by atoms with E-state index < -0.39 is 0 Å². The first-order valence-corrected chi connectivity index (χ1v) is 10.6. The van der Waals surface area contributed by atoms with Crippen molar-refractivity contribution in [2.45, 2.75) is 31.8 Å². The number of anilines is 1. The molecule has 0 aliphatic heterocycles. The van der Waals surface area contributed by atoms with Crippen molar-refractivity contribution in [3.63, 3.8) is 0 Å². The highest BCUT2D eigenvalue weighted by Crippen LogP contribution is 2.40. The third-order valence-corrected chi connectivity index (χ3v) is 5.52. The van der Waals surface area contributed by atoms with Crippen molar-refractivity contribution >= 4 is 28.5 Å². The maximum Gasteiger partial charge on any atom is 0.256 e. The number of carbonyl (C=O) groups is 2. The molecule has 3 aromatic heterocycles. The molecule has 9 heteroatoms. The van der Waals surface area contributed by atoms with Crippen LogP contribution in [0.4, 0.5) is 5.69 Å². The Balaban J connectivity index is 1.45. The van der Waals surface area contributed by atoms with Gasteiger partial charge in [0.1, 0.15) is 6.54 Å². The minimum absolute atomic E-state index is 0.0873. The molecule has 9 nitrogen and oxygen atoms in total. The molecule has 0 radical (unpaired) electrons. The number of amides is 2. The van der Waals surface area contributed by atoms with Crippen LogP contribution in [-0.4, -0.2) is 43.4 Å². The molecule has 5 rings (SSSR count). The topological polar surface area (TPSA) is 107 Å². The number of benzene rings is 1. The Kier molecular flexibility index (Phi) is 5.14. The molecule has 0 atom stereocenters. The van der Waals surface area contributed by atoms with E-state index in [-0.39, 0.29) is 18.4 Å². The van der Waals surface area contributed by atoms with E-state index in [4.69, 9.17) is 4.98 Å². The zero-order valence-electron chi connectivity index (χ0n) is 17.7. The molecule has 162 valence electrons. The van der Waals surface area contributed by atoms with E-state index in [1.54, 1.807) is 19.4 Å². The summed E-state index contributed by atoms with van der Waals surface area (Å²) in [6.07, 6.45) is 7.02. The standard InChI is InChI=1S/C23H23N7O2/c1-24-21(31)14-29-13-17(10-25-29)27-23(32)18-9-20(16-7-8-16)28-22-19(18)11-26-30(22)12-15-5-3-2-4-6-15/h2-6,9-11,13,16H,7-8,12,14H2,1H3,(H,24,31)(H,27,32). The summed E-state index contributed by atoms with van der Waals surface area (Å²) in [5.74, 6) is -0.0267. The van der Waals surface area contributed by atoms with Crippen molar-refractivity contribution in [3.05, 3.63) is 71.8 Å². The number of fused-ring (bicyclic) bond motifs is 1. The number of likely N-dealkylation sites (N-methyl/N-ethyl adjacent to an activating group) is 1. The summed E-state index contributed by atoms with van der Waals surface area (Å²) in [7, 11) is 1.57. The Hall–Kier alpha value is -4.01. The van der Waals surface area contributed by atoms with Crippen molar-refractivity contribution in [3.8, 4) is 0 Å². The molecule has 1 fully saturated rings.